The summed E-state index contributed by atoms with van der Waals surface area (Å²) in [7, 11) is 1.64. The van der Waals surface area contributed by atoms with Crippen LogP contribution in [0.1, 0.15) is 43.7 Å². The molecule has 5 heteroatoms. The molecular formula is C21H29ClFNO2. The molecule has 3 nitrogen and oxygen atoms in total. The second-order valence-corrected chi connectivity index (χ2v) is 6.10. The standard InChI is InChI=1S/C21H28FNO2.ClH/c1-3-4-5-6-14-23-15-18-8-7-9-20(24-2)21(18)25-16-17-10-12-19(22)13-11-17;/h7-13,23H,3-6,14-16H2,1-2H3;1H. The van der Waals surface area contributed by atoms with E-state index in [4.69, 9.17) is 9.47 Å². The van der Waals surface area contributed by atoms with Gasteiger partial charge in [-0.25, -0.2) is 4.39 Å². The number of halogens is 2. The summed E-state index contributed by atoms with van der Waals surface area (Å²) in [5.41, 5.74) is 1.99. The minimum Gasteiger partial charge on any atom is -0.493 e. The van der Waals surface area contributed by atoms with Gasteiger partial charge in [0.05, 0.1) is 7.11 Å². The van der Waals surface area contributed by atoms with Gasteiger partial charge >= 0.3 is 0 Å². The lowest BCUT2D eigenvalue weighted by Crippen LogP contribution is -2.15. The highest BCUT2D eigenvalue weighted by Crippen LogP contribution is 2.31. The quantitative estimate of drug-likeness (QED) is 0.521. The van der Waals surface area contributed by atoms with Crippen molar-refractivity contribution >= 4 is 12.4 Å². The summed E-state index contributed by atoms with van der Waals surface area (Å²) in [6.45, 7) is 4.33. The number of methoxy groups -OCH3 is 1. The SMILES string of the molecule is CCCCCCNCc1cccc(OC)c1OCc1ccc(F)cc1.Cl. The molecule has 0 aromatic heterocycles. The van der Waals surface area contributed by atoms with E-state index in [-0.39, 0.29) is 18.2 Å². The fourth-order valence-corrected chi connectivity index (χ4v) is 2.66. The average molecular weight is 382 g/mol. The molecule has 0 fully saturated rings. The van der Waals surface area contributed by atoms with Crippen LogP contribution in [-0.2, 0) is 13.2 Å². The molecule has 2 rings (SSSR count). The molecule has 0 bridgehead atoms. The van der Waals surface area contributed by atoms with Crippen LogP contribution >= 0.6 is 12.4 Å². The van der Waals surface area contributed by atoms with E-state index in [1.807, 2.05) is 18.2 Å². The number of benzene rings is 2. The Kier molecular flexibility index (Phi) is 10.7. The van der Waals surface area contributed by atoms with Crippen LogP contribution in [0.15, 0.2) is 42.5 Å². The zero-order chi connectivity index (χ0) is 17.9. The molecule has 0 aliphatic rings. The van der Waals surface area contributed by atoms with Crippen molar-refractivity contribution in [3.63, 3.8) is 0 Å². The number of unbranched alkanes of at least 4 members (excludes halogenated alkanes) is 3. The molecule has 26 heavy (non-hydrogen) atoms. The van der Waals surface area contributed by atoms with Crippen LogP contribution in [0.4, 0.5) is 4.39 Å². The van der Waals surface area contributed by atoms with E-state index < -0.39 is 0 Å². The highest BCUT2D eigenvalue weighted by molar-refractivity contribution is 5.85. The number of ether oxygens (including phenoxy) is 2. The largest absolute Gasteiger partial charge is 0.493 e. The maximum Gasteiger partial charge on any atom is 0.166 e. The number of para-hydroxylation sites is 1. The first kappa shape index (κ1) is 22.3. The second kappa shape index (κ2) is 12.6. The minimum atomic E-state index is -0.242. The Labute approximate surface area is 162 Å². The minimum absolute atomic E-state index is 0. The van der Waals surface area contributed by atoms with Gasteiger partial charge in [-0.3, -0.25) is 0 Å². The Hall–Kier alpha value is -1.78. The Bertz CT molecular complexity index is 634. The second-order valence-electron chi connectivity index (χ2n) is 6.10. The number of hydrogen-bond acceptors (Lipinski definition) is 3. The highest BCUT2D eigenvalue weighted by atomic mass is 35.5. The third-order valence-corrected chi connectivity index (χ3v) is 4.10. The topological polar surface area (TPSA) is 30.5 Å². The van der Waals surface area contributed by atoms with E-state index in [1.54, 1.807) is 19.2 Å². The molecule has 0 aliphatic carbocycles. The smallest absolute Gasteiger partial charge is 0.166 e. The van der Waals surface area contributed by atoms with Crippen molar-refractivity contribution in [1.29, 1.82) is 0 Å². The van der Waals surface area contributed by atoms with Crippen molar-refractivity contribution < 1.29 is 13.9 Å². The maximum absolute atomic E-state index is 13.0. The van der Waals surface area contributed by atoms with Gasteiger partial charge in [-0.2, -0.15) is 0 Å². The normalized spacial score (nSPS) is 10.3. The van der Waals surface area contributed by atoms with Gasteiger partial charge in [-0.1, -0.05) is 50.5 Å². The van der Waals surface area contributed by atoms with Crippen molar-refractivity contribution in [2.75, 3.05) is 13.7 Å². The molecular weight excluding hydrogens is 353 g/mol. The molecule has 0 aliphatic heterocycles. The van der Waals surface area contributed by atoms with E-state index in [2.05, 4.69) is 12.2 Å². The van der Waals surface area contributed by atoms with E-state index in [0.717, 1.165) is 30.0 Å². The first-order valence-electron chi connectivity index (χ1n) is 8.98. The molecule has 0 amide bonds. The van der Waals surface area contributed by atoms with Crippen molar-refractivity contribution in [2.24, 2.45) is 0 Å². The molecule has 0 radical (unpaired) electrons. The lowest BCUT2D eigenvalue weighted by atomic mass is 10.1. The molecule has 0 saturated carbocycles. The first-order valence-corrected chi connectivity index (χ1v) is 8.98. The molecule has 2 aromatic rings. The van der Waals surface area contributed by atoms with E-state index in [1.165, 1.54) is 37.8 Å². The summed E-state index contributed by atoms with van der Waals surface area (Å²) < 4.78 is 24.4. The zero-order valence-corrected chi connectivity index (χ0v) is 16.4. The van der Waals surface area contributed by atoms with Gasteiger partial charge in [-0.05, 0) is 36.7 Å². The molecule has 0 unspecified atom stereocenters. The predicted molar refractivity (Wildman–Crippen MR) is 107 cm³/mol. The molecule has 0 atom stereocenters. The van der Waals surface area contributed by atoms with Gasteiger partial charge in [0.1, 0.15) is 12.4 Å². The maximum atomic E-state index is 13.0. The van der Waals surface area contributed by atoms with E-state index >= 15 is 0 Å². The Morgan fingerprint density at radius 3 is 2.46 bits per heavy atom. The summed E-state index contributed by atoms with van der Waals surface area (Å²) >= 11 is 0. The van der Waals surface area contributed by atoms with Gasteiger partial charge in [0.25, 0.3) is 0 Å². The summed E-state index contributed by atoms with van der Waals surface area (Å²) in [5, 5.41) is 3.47. The number of hydrogen-bond donors (Lipinski definition) is 1. The van der Waals surface area contributed by atoms with Crippen LogP contribution in [0.2, 0.25) is 0 Å². The van der Waals surface area contributed by atoms with Gasteiger partial charge in [0.15, 0.2) is 11.5 Å². The van der Waals surface area contributed by atoms with Crippen LogP contribution in [0.3, 0.4) is 0 Å². The lowest BCUT2D eigenvalue weighted by Gasteiger charge is -2.16. The molecule has 2 aromatic carbocycles. The fourth-order valence-electron chi connectivity index (χ4n) is 2.66. The van der Waals surface area contributed by atoms with Crippen LogP contribution in [0.5, 0.6) is 11.5 Å². The Morgan fingerprint density at radius 1 is 1.00 bits per heavy atom. The third-order valence-electron chi connectivity index (χ3n) is 4.10. The molecule has 1 N–H and O–H groups in total. The van der Waals surface area contributed by atoms with Gasteiger partial charge < -0.3 is 14.8 Å². The van der Waals surface area contributed by atoms with Gasteiger partial charge in [0, 0.05) is 12.1 Å². The Balaban J connectivity index is 0.00000338. The molecule has 0 spiro atoms. The molecule has 144 valence electrons. The third kappa shape index (κ3) is 7.22. The fraction of sp³-hybridized carbons (Fsp3) is 0.429. The monoisotopic (exact) mass is 381 g/mol. The zero-order valence-electron chi connectivity index (χ0n) is 15.6. The van der Waals surface area contributed by atoms with Crippen LogP contribution in [0, 0.1) is 5.82 Å². The highest BCUT2D eigenvalue weighted by Gasteiger charge is 2.10. The van der Waals surface area contributed by atoms with Gasteiger partial charge in [0.2, 0.25) is 0 Å². The van der Waals surface area contributed by atoms with Crippen LogP contribution < -0.4 is 14.8 Å². The molecule has 0 heterocycles. The van der Waals surface area contributed by atoms with E-state index in [9.17, 15) is 4.39 Å². The molecule has 0 saturated heterocycles. The number of rotatable bonds is 11. The van der Waals surface area contributed by atoms with Crippen LogP contribution in [-0.4, -0.2) is 13.7 Å². The summed E-state index contributed by atoms with van der Waals surface area (Å²) in [5.74, 6) is 1.22. The Morgan fingerprint density at radius 2 is 1.77 bits per heavy atom. The lowest BCUT2D eigenvalue weighted by molar-refractivity contribution is 0.280. The first-order chi connectivity index (χ1) is 12.2. The summed E-state index contributed by atoms with van der Waals surface area (Å²) in [4.78, 5) is 0. The van der Waals surface area contributed by atoms with Crippen molar-refractivity contribution in [1.82, 2.24) is 5.32 Å². The van der Waals surface area contributed by atoms with E-state index in [0.29, 0.717) is 12.4 Å². The van der Waals surface area contributed by atoms with Gasteiger partial charge in [-0.15, -0.1) is 12.4 Å². The van der Waals surface area contributed by atoms with Crippen molar-refractivity contribution in [2.45, 2.75) is 45.8 Å². The van der Waals surface area contributed by atoms with Crippen LogP contribution in [0.25, 0.3) is 0 Å². The number of nitrogens with one attached hydrogen (secondary N) is 1. The summed E-state index contributed by atoms with van der Waals surface area (Å²) in [6.07, 6.45) is 4.98. The average Bonchev–Trinajstić information content (AvgIpc) is 2.64. The van der Waals surface area contributed by atoms with Crippen molar-refractivity contribution in [3.05, 3.63) is 59.4 Å². The summed E-state index contributed by atoms with van der Waals surface area (Å²) in [6, 6.07) is 12.3. The predicted octanol–water partition coefficient (Wildman–Crippen LogP) is 5.51. The van der Waals surface area contributed by atoms with Crippen molar-refractivity contribution in [3.8, 4) is 11.5 Å².